The summed E-state index contributed by atoms with van der Waals surface area (Å²) in [6, 6.07) is 6.55. The Morgan fingerprint density at radius 3 is 2.65 bits per heavy atom. The summed E-state index contributed by atoms with van der Waals surface area (Å²) in [5.41, 5.74) is 6.75. The van der Waals surface area contributed by atoms with E-state index in [2.05, 4.69) is 33.8 Å². The summed E-state index contributed by atoms with van der Waals surface area (Å²) in [6.07, 6.45) is 1.87. The van der Waals surface area contributed by atoms with Crippen molar-refractivity contribution in [3.8, 4) is 0 Å². The lowest BCUT2D eigenvalue weighted by Crippen LogP contribution is -2.48. The number of hydrogen-bond acceptors (Lipinski definition) is 4. The molecule has 2 heterocycles. The number of nitrogens with two attached hydrogens (primary N) is 1. The molecule has 1 aliphatic heterocycles. The Balaban J connectivity index is 1.88. The van der Waals surface area contributed by atoms with Crippen LogP contribution in [-0.4, -0.2) is 54.1 Å². The highest BCUT2D eigenvalue weighted by Crippen LogP contribution is 2.19. The monoisotopic (exact) mass is 234 g/mol. The Labute approximate surface area is 103 Å². The van der Waals surface area contributed by atoms with Gasteiger partial charge in [-0.05, 0) is 19.1 Å². The van der Waals surface area contributed by atoms with Gasteiger partial charge in [-0.15, -0.1) is 0 Å². The molecule has 1 unspecified atom stereocenters. The van der Waals surface area contributed by atoms with Crippen molar-refractivity contribution in [3.05, 3.63) is 30.1 Å². The van der Waals surface area contributed by atoms with Gasteiger partial charge in [0.2, 0.25) is 0 Å². The molecule has 17 heavy (non-hydrogen) atoms. The first kappa shape index (κ1) is 12.5. The second-order valence-corrected chi connectivity index (χ2v) is 4.60. The Kier molecular flexibility index (Phi) is 4.48. The van der Waals surface area contributed by atoms with Crippen LogP contribution in [0.5, 0.6) is 0 Å². The average Bonchev–Trinajstić information content (AvgIpc) is 2.40. The smallest absolute Gasteiger partial charge is 0.0572 e. The molecule has 1 aromatic rings. The normalized spacial score (nSPS) is 20.4. The van der Waals surface area contributed by atoms with Crippen molar-refractivity contribution in [3.63, 3.8) is 0 Å². The van der Waals surface area contributed by atoms with Crippen LogP contribution in [0.15, 0.2) is 24.4 Å². The van der Waals surface area contributed by atoms with Crippen LogP contribution in [0.4, 0.5) is 0 Å². The zero-order valence-electron chi connectivity index (χ0n) is 10.5. The first-order valence-electron chi connectivity index (χ1n) is 6.38. The van der Waals surface area contributed by atoms with E-state index in [1.54, 1.807) is 0 Å². The fraction of sp³-hybridized carbons (Fsp3) is 0.615. The molecule has 1 atom stereocenters. The third-order valence-corrected chi connectivity index (χ3v) is 3.52. The molecule has 0 aromatic carbocycles. The number of rotatable bonds is 4. The molecule has 1 aliphatic rings. The van der Waals surface area contributed by atoms with Crippen molar-refractivity contribution >= 4 is 0 Å². The number of hydrogen-bond donors (Lipinski definition) is 1. The van der Waals surface area contributed by atoms with Crippen molar-refractivity contribution in [2.45, 2.75) is 13.0 Å². The van der Waals surface area contributed by atoms with Gasteiger partial charge in [0.05, 0.1) is 5.69 Å². The standard InChI is InChI=1S/C13H22N4/c1-12(13-4-2-3-6-15-13)17-10-8-16(7-5-14)9-11-17/h2-4,6,12H,5,7-11,14H2,1H3. The number of piperazine rings is 1. The topological polar surface area (TPSA) is 45.4 Å². The van der Waals surface area contributed by atoms with Crippen molar-refractivity contribution in [1.29, 1.82) is 0 Å². The van der Waals surface area contributed by atoms with E-state index < -0.39 is 0 Å². The second kappa shape index (κ2) is 6.10. The summed E-state index contributed by atoms with van der Waals surface area (Å²) >= 11 is 0. The van der Waals surface area contributed by atoms with E-state index in [9.17, 15) is 0 Å². The fourth-order valence-electron chi connectivity index (χ4n) is 2.37. The molecule has 1 saturated heterocycles. The van der Waals surface area contributed by atoms with E-state index in [1.165, 1.54) is 5.69 Å². The third kappa shape index (κ3) is 3.25. The summed E-state index contributed by atoms with van der Waals surface area (Å²) in [4.78, 5) is 9.36. The van der Waals surface area contributed by atoms with Gasteiger partial charge in [0.25, 0.3) is 0 Å². The van der Waals surface area contributed by atoms with Gasteiger partial charge in [0, 0.05) is 51.5 Å². The van der Waals surface area contributed by atoms with Gasteiger partial charge < -0.3 is 5.73 Å². The molecule has 0 bridgehead atoms. The van der Waals surface area contributed by atoms with Crippen molar-refractivity contribution in [2.75, 3.05) is 39.3 Å². The van der Waals surface area contributed by atoms with Crippen LogP contribution in [0.25, 0.3) is 0 Å². The summed E-state index contributed by atoms with van der Waals surface area (Å²) in [7, 11) is 0. The molecule has 1 fully saturated rings. The quantitative estimate of drug-likeness (QED) is 0.834. The van der Waals surface area contributed by atoms with Gasteiger partial charge in [-0.1, -0.05) is 6.07 Å². The van der Waals surface area contributed by atoms with E-state index in [1.807, 2.05) is 12.3 Å². The SMILES string of the molecule is CC(c1ccccn1)N1CCN(CCN)CC1. The molecular formula is C13H22N4. The average molecular weight is 234 g/mol. The predicted molar refractivity (Wildman–Crippen MR) is 69.7 cm³/mol. The van der Waals surface area contributed by atoms with Crippen LogP contribution in [0.2, 0.25) is 0 Å². The van der Waals surface area contributed by atoms with Crippen LogP contribution < -0.4 is 5.73 Å². The summed E-state index contributed by atoms with van der Waals surface area (Å²) in [5, 5.41) is 0. The van der Waals surface area contributed by atoms with Crippen LogP contribution in [-0.2, 0) is 0 Å². The maximum Gasteiger partial charge on any atom is 0.0572 e. The summed E-state index contributed by atoms with van der Waals surface area (Å²) < 4.78 is 0. The molecular weight excluding hydrogens is 212 g/mol. The Morgan fingerprint density at radius 1 is 1.29 bits per heavy atom. The third-order valence-electron chi connectivity index (χ3n) is 3.52. The first-order valence-corrected chi connectivity index (χ1v) is 6.38. The Bertz CT molecular complexity index is 319. The van der Waals surface area contributed by atoms with Crippen molar-refractivity contribution < 1.29 is 0 Å². The zero-order valence-corrected chi connectivity index (χ0v) is 10.5. The lowest BCUT2D eigenvalue weighted by Gasteiger charge is -2.37. The second-order valence-electron chi connectivity index (χ2n) is 4.60. The predicted octanol–water partition coefficient (Wildman–Crippen LogP) is 0.719. The zero-order chi connectivity index (χ0) is 12.1. The minimum Gasteiger partial charge on any atom is -0.329 e. The molecule has 4 nitrogen and oxygen atoms in total. The van der Waals surface area contributed by atoms with Gasteiger partial charge >= 0.3 is 0 Å². The number of nitrogens with zero attached hydrogens (tertiary/aromatic N) is 3. The molecule has 0 saturated carbocycles. The van der Waals surface area contributed by atoms with Gasteiger partial charge in [0.15, 0.2) is 0 Å². The molecule has 0 amide bonds. The fourth-order valence-corrected chi connectivity index (χ4v) is 2.37. The maximum absolute atomic E-state index is 5.58. The number of aromatic nitrogens is 1. The lowest BCUT2D eigenvalue weighted by molar-refractivity contribution is 0.103. The molecule has 2 N–H and O–H groups in total. The van der Waals surface area contributed by atoms with E-state index in [0.717, 1.165) is 39.3 Å². The van der Waals surface area contributed by atoms with Crippen molar-refractivity contribution in [2.24, 2.45) is 5.73 Å². The van der Waals surface area contributed by atoms with E-state index in [0.29, 0.717) is 6.04 Å². The van der Waals surface area contributed by atoms with Gasteiger partial charge in [0.1, 0.15) is 0 Å². The maximum atomic E-state index is 5.58. The molecule has 0 spiro atoms. The highest BCUT2D eigenvalue weighted by atomic mass is 15.3. The van der Waals surface area contributed by atoms with Crippen LogP contribution in [0.3, 0.4) is 0 Å². The molecule has 4 heteroatoms. The number of pyridine rings is 1. The lowest BCUT2D eigenvalue weighted by atomic mass is 10.1. The summed E-state index contributed by atoms with van der Waals surface area (Å²) in [6.45, 7) is 8.47. The molecule has 1 aromatic heterocycles. The molecule has 0 aliphatic carbocycles. The van der Waals surface area contributed by atoms with E-state index in [-0.39, 0.29) is 0 Å². The van der Waals surface area contributed by atoms with Gasteiger partial charge in [-0.2, -0.15) is 0 Å². The Morgan fingerprint density at radius 2 is 2.06 bits per heavy atom. The minimum atomic E-state index is 0.413. The molecule has 94 valence electrons. The highest BCUT2D eigenvalue weighted by Gasteiger charge is 2.21. The van der Waals surface area contributed by atoms with Crippen LogP contribution >= 0.6 is 0 Å². The largest absolute Gasteiger partial charge is 0.329 e. The summed E-state index contributed by atoms with van der Waals surface area (Å²) in [5.74, 6) is 0. The van der Waals surface area contributed by atoms with Crippen LogP contribution in [0, 0.1) is 0 Å². The first-order chi connectivity index (χ1) is 8.31. The minimum absolute atomic E-state index is 0.413. The van der Waals surface area contributed by atoms with Crippen molar-refractivity contribution in [1.82, 2.24) is 14.8 Å². The highest BCUT2D eigenvalue weighted by molar-refractivity contribution is 5.08. The van der Waals surface area contributed by atoms with Gasteiger partial charge in [-0.3, -0.25) is 14.8 Å². The molecule has 2 rings (SSSR count). The van der Waals surface area contributed by atoms with Crippen LogP contribution in [0.1, 0.15) is 18.7 Å². The molecule has 0 radical (unpaired) electrons. The Hall–Kier alpha value is -0.970. The van der Waals surface area contributed by atoms with Gasteiger partial charge in [-0.25, -0.2) is 0 Å². The van der Waals surface area contributed by atoms with E-state index >= 15 is 0 Å². The van der Waals surface area contributed by atoms with E-state index in [4.69, 9.17) is 5.73 Å².